The number of hydrogen-bond acceptors (Lipinski definition) is 2. The Morgan fingerprint density at radius 1 is 1.53 bits per heavy atom. The van der Waals surface area contributed by atoms with Gasteiger partial charge in [0.25, 0.3) is 0 Å². The Balaban J connectivity index is 3.08. The number of carbonyl (C=O) groups excluding carboxylic acids is 1. The minimum absolute atomic E-state index is 0.00167. The van der Waals surface area contributed by atoms with Crippen molar-refractivity contribution in [3.63, 3.8) is 0 Å². The van der Waals surface area contributed by atoms with Crippen LogP contribution in [0.1, 0.15) is 22.9 Å². The molecule has 0 fully saturated rings. The molecule has 1 atom stereocenters. The lowest BCUT2D eigenvalue weighted by Gasteiger charge is -2.12. The normalized spacial score (nSPS) is 12.6. The van der Waals surface area contributed by atoms with E-state index in [0.717, 1.165) is 0 Å². The fourth-order valence-electron chi connectivity index (χ4n) is 1.28. The third kappa shape index (κ3) is 3.92. The minimum atomic E-state index is -2.92. The number of ketones is 1. The third-order valence-electron chi connectivity index (χ3n) is 2.10. The van der Waals surface area contributed by atoms with Crippen LogP contribution in [0.4, 0.5) is 8.78 Å². The molecule has 1 aromatic carbocycles. The van der Waals surface area contributed by atoms with Crippen LogP contribution in [-0.4, -0.2) is 12.4 Å². The van der Waals surface area contributed by atoms with E-state index in [1.165, 1.54) is 13.0 Å². The first-order valence-corrected chi connectivity index (χ1v) is 6.19. The highest BCUT2D eigenvalue weighted by atomic mass is 79.9. The second-order valence-corrected chi connectivity index (χ2v) is 4.54. The summed E-state index contributed by atoms with van der Waals surface area (Å²) in [6.07, 6.45) is 0. The molecule has 0 radical (unpaired) electrons. The summed E-state index contributed by atoms with van der Waals surface area (Å²) >= 11 is 8.78. The molecule has 0 saturated heterocycles. The summed E-state index contributed by atoms with van der Waals surface area (Å²) in [5.41, 5.74) is 1.01. The molecule has 94 valence electrons. The van der Waals surface area contributed by atoms with Gasteiger partial charge in [0, 0.05) is 5.56 Å². The van der Waals surface area contributed by atoms with Crippen LogP contribution in [0.25, 0.3) is 0 Å². The van der Waals surface area contributed by atoms with Crippen molar-refractivity contribution in [2.24, 2.45) is 0 Å². The topological polar surface area (TPSA) is 26.3 Å². The Morgan fingerprint density at radius 2 is 2.18 bits per heavy atom. The molecule has 17 heavy (non-hydrogen) atoms. The Kier molecular flexibility index (Phi) is 5.33. The van der Waals surface area contributed by atoms with Gasteiger partial charge >= 0.3 is 6.61 Å². The van der Waals surface area contributed by atoms with Crippen molar-refractivity contribution in [2.45, 2.75) is 24.2 Å². The number of rotatable bonds is 5. The molecule has 0 N–H and O–H groups in total. The summed E-state index contributed by atoms with van der Waals surface area (Å²) in [7, 11) is 0. The van der Waals surface area contributed by atoms with Gasteiger partial charge < -0.3 is 4.74 Å². The predicted molar refractivity (Wildman–Crippen MR) is 65.0 cm³/mol. The van der Waals surface area contributed by atoms with Crippen molar-refractivity contribution in [3.8, 4) is 5.75 Å². The molecule has 0 aromatic heterocycles. The van der Waals surface area contributed by atoms with Gasteiger partial charge in [-0.3, -0.25) is 4.79 Å². The van der Waals surface area contributed by atoms with Gasteiger partial charge in [0.1, 0.15) is 11.5 Å². The Bertz CT molecular complexity index is 412. The number of alkyl halides is 4. The van der Waals surface area contributed by atoms with E-state index in [1.54, 1.807) is 12.1 Å². The molecule has 0 spiro atoms. The number of hydrogen-bond donors (Lipinski definition) is 0. The third-order valence-corrected chi connectivity index (χ3v) is 3.56. The van der Waals surface area contributed by atoms with Gasteiger partial charge in [0.05, 0.1) is 10.7 Å². The first-order chi connectivity index (χ1) is 7.95. The van der Waals surface area contributed by atoms with Crippen LogP contribution in [-0.2, 0) is 10.7 Å². The van der Waals surface area contributed by atoms with Crippen molar-refractivity contribution in [1.29, 1.82) is 0 Å². The van der Waals surface area contributed by atoms with Gasteiger partial charge in [-0.05, 0) is 18.6 Å². The van der Waals surface area contributed by atoms with Crippen LogP contribution in [0.2, 0.25) is 0 Å². The van der Waals surface area contributed by atoms with Gasteiger partial charge in [-0.25, -0.2) is 0 Å². The van der Waals surface area contributed by atoms with E-state index < -0.39 is 11.4 Å². The van der Waals surface area contributed by atoms with Crippen LogP contribution in [0.5, 0.6) is 5.75 Å². The van der Waals surface area contributed by atoms with Crippen LogP contribution in [0.15, 0.2) is 18.2 Å². The van der Waals surface area contributed by atoms with E-state index in [2.05, 4.69) is 20.7 Å². The zero-order valence-corrected chi connectivity index (χ0v) is 11.3. The summed E-state index contributed by atoms with van der Waals surface area (Å²) in [5.74, 6) is -0.0557. The minimum Gasteiger partial charge on any atom is -0.434 e. The van der Waals surface area contributed by atoms with E-state index in [0.29, 0.717) is 11.1 Å². The zero-order chi connectivity index (χ0) is 13.0. The van der Waals surface area contributed by atoms with Crippen molar-refractivity contribution in [1.82, 2.24) is 0 Å². The van der Waals surface area contributed by atoms with E-state index in [9.17, 15) is 13.6 Å². The standard InChI is InChI=1S/C11H10BrClF2O2/c1-6(16)10(12)7-2-3-8(5-13)9(4-7)17-11(14)15/h2-4,10-11H,5H2,1H3. The maximum absolute atomic E-state index is 12.2. The van der Waals surface area contributed by atoms with Gasteiger partial charge in [0.2, 0.25) is 0 Å². The molecule has 1 aromatic rings. The highest BCUT2D eigenvalue weighted by molar-refractivity contribution is 9.09. The first-order valence-electron chi connectivity index (χ1n) is 4.73. The van der Waals surface area contributed by atoms with Crippen molar-refractivity contribution >= 4 is 33.3 Å². The molecule has 0 aliphatic carbocycles. The lowest BCUT2D eigenvalue weighted by molar-refractivity contribution is -0.116. The highest BCUT2D eigenvalue weighted by Crippen LogP contribution is 2.30. The SMILES string of the molecule is CC(=O)C(Br)c1ccc(CCl)c(OC(F)F)c1. The molecule has 1 rings (SSSR count). The number of ether oxygens (including phenoxy) is 1. The molecule has 0 aliphatic heterocycles. The maximum Gasteiger partial charge on any atom is 0.387 e. The predicted octanol–water partition coefficient (Wildman–Crippen LogP) is 4.05. The fraction of sp³-hybridized carbons (Fsp3) is 0.364. The molecule has 0 amide bonds. The van der Waals surface area contributed by atoms with Crippen LogP contribution < -0.4 is 4.74 Å². The van der Waals surface area contributed by atoms with E-state index >= 15 is 0 Å². The fourth-order valence-corrected chi connectivity index (χ4v) is 1.79. The van der Waals surface area contributed by atoms with Crippen molar-refractivity contribution in [2.75, 3.05) is 0 Å². The summed E-state index contributed by atoms with van der Waals surface area (Å²) in [6.45, 7) is -1.51. The number of benzene rings is 1. The van der Waals surface area contributed by atoms with Crippen LogP contribution in [0.3, 0.4) is 0 Å². The van der Waals surface area contributed by atoms with Crippen LogP contribution >= 0.6 is 27.5 Å². The molecule has 1 unspecified atom stereocenters. The molecule has 0 saturated carbocycles. The average molecular weight is 328 g/mol. The van der Waals surface area contributed by atoms with E-state index in [1.807, 2.05) is 0 Å². The van der Waals surface area contributed by atoms with Crippen LogP contribution in [0, 0.1) is 0 Å². The molecular formula is C11H10BrClF2O2. The lowest BCUT2D eigenvalue weighted by Crippen LogP contribution is -2.06. The van der Waals surface area contributed by atoms with Gasteiger partial charge in [-0.2, -0.15) is 8.78 Å². The Hall–Kier alpha value is -0.680. The van der Waals surface area contributed by atoms with E-state index in [4.69, 9.17) is 11.6 Å². The molecule has 0 aliphatic rings. The second-order valence-electron chi connectivity index (χ2n) is 3.35. The zero-order valence-electron chi connectivity index (χ0n) is 8.92. The molecule has 6 heteroatoms. The van der Waals surface area contributed by atoms with Gasteiger partial charge in [0.15, 0.2) is 0 Å². The quantitative estimate of drug-likeness (QED) is 0.763. The van der Waals surface area contributed by atoms with Crippen molar-refractivity contribution in [3.05, 3.63) is 29.3 Å². The molecular weight excluding hydrogens is 317 g/mol. The smallest absolute Gasteiger partial charge is 0.387 e. The number of Topliss-reactive ketones (excluding diaryl/α,β-unsaturated/α-hetero) is 1. The maximum atomic E-state index is 12.2. The molecule has 0 heterocycles. The summed E-state index contributed by atoms with van der Waals surface area (Å²) < 4.78 is 28.7. The summed E-state index contributed by atoms with van der Waals surface area (Å²) in [4.78, 5) is 10.6. The summed E-state index contributed by atoms with van der Waals surface area (Å²) in [6, 6.07) is 4.61. The van der Waals surface area contributed by atoms with Crippen molar-refractivity contribution < 1.29 is 18.3 Å². The first kappa shape index (κ1) is 14.4. The molecule has 0 bridgehead atoms. The molecule has 2 nitrogen and oxygen atoms in total. The van der Waals surface area contributed by atoms with E-state index in [-0.39, 0.29) is 17.4 Å². The van der Waals surface area contributed by atoms with Gasteiger partial charge in [-0.15, -0.1) is 11.6 Å². The lowest BCUT2D eigenvalue weighted by atomic mass is 10.1. The highest BCUT2D eigenvalue weighted by Gasteiger charge is 2.16. The average Bonchev–Trinajstić information content (AvgIpc) is 2.27. The largest absolute Gasteiger partial charge is 0.434 e. The number of carbonyl (C=O) groups is 1. The second kappa shape index (κ2) is 6.31. The Labute approximate surface area is 111 Å². The summed E-state index contributed by atoms with van der Waals surface area (Å²) in [5, 5.41) is 0. The number of halogens is 4. The van der Waals surface area contributed by atoms with Gasteiger partial charge in [-0.1, -0.05) is 28.1 Å². The monoisotopic (exact) mass is 326 g/mol. The Morgan fingerprint density at radius 3 is 2.65 bits per heavy atom.